The van der Waals surface area contributed by atoms with Gasteiger partial charge in [-0.1, -0.05) is 13.3 Å². The van der Waals surface area contributed by atoms with E-state index in [9.17, 15) is 17.8 Å². The van der Waals surface area contributed by atoms with Crippen molar-refractivity contribution in [1.29, 1.82) is 0 Å². The monoisotopic (exact) mass is 515 g/mol. The molecule has 2 heterocycles. The molecule has 0 atom stereocenters. The van der Waals surface area contributed by atoms with Crippen LogP contribution in [0.2, 0.25) is 0 Å². The first-order valence-corrected chi connectivity index (χ1v) is 12.5. The molecule has 0 aliphatic heterocycles. The number of benzene rings is 2. The lowest BCUT2D eigenvalue weighted by Gasteiger charge is -2.12. The van der Waals surface area contributed by atoms with Crippen molar-refractivity contribution in [3.63, 3.8) is 0 Å². The van der Waals surface area contributed by atoms with Crippen LogP contribution in [0.1, 0.15) is 31.5 Å². The van der Waals surface area contributed by atoms with Crippen molar-refractivity contribution in [2.75, 3.05) is 21.3 Å². The summed E-state index contributed by atoms with van der Waals surface area (Å²) in [6, 6.07) is 12.9. The van der Waals surface area contributed by atoms with E-state index in [-0.39, 0.29) is 0 Å². The fourth-order valence-electron chi connectivity index (χ4n) is 4.21. The zero-order valence-corrected chi connectivity index (χ0v) is 21.9. The Balaban J connectivity index is 0.000000392. The number of hydrogen-bond donors (Lipinski definition) is 0. The van der Waals surface area contributed by atoms with Crippen LogP contribution in [0.25, 0.3) is 27.1 Å². The lowest BCUT2D eigenvalue weighted by Crippen LogP contribution is -2.25. The first-order valence-electron chi connectivity index (χ1n) is 11.2. The molecule has 2 aromatic carbocycles. The van der Waals surface area contributed by atoms with Crippen LogP contribution in [0.5, 0.6) is 17.2 Å². The van der Waals surface area contributed by atoms with E-state index in [2.05, 4.69) is 65.0 Å². The lowest BCUT2D eigenvalue weighted by atomic mass is 10.0. The standard InChI is InChI=1S/C24H26NO3.C2H4O5S/c1-6-7-17-10-20-16(12-22(17)26-3)8-9-25-15(2)19-14-24(28-5)23(27-4)13-18(19)11-21(20)25;1-2(3)7-8(4,5)6/h8-14H,6-7H2,1-5H3;1H3,(H,4,5,6)/q+1;/p-1. The molecule has 4 rings (SSSR count). The molecule has 0 amide bonds. The lowest BCUT2D eigenvalue weighted by molar-refractivity contribution is -0.516. The number of carbonyl (C=O) groups excluding carboxylic acids is 1. The summed E-state index contributed by atoms with van der Waals surface area (Å²) >= 11 is 0. The number of aryl methyl sites for hydroxylation is 2. The van der Waals surface area contributed by atoms with Gasteiger partial charge in [-0.25, -0.2) is 8.42 Å². The van der Waals surface area contributed by atoms with Gasteiger partial charge >= 0.3 is 5.97 Å². The molecule has 192 valence electrons. The second-order valence-corrected chi connectivity index (χ2v) is 9.06. The van der Waals surface area contributed by atoms with Crippen LogP contribution in [0.4, 0.5) is 0 Å². The predicted molar refractivity (Wildman–Crippen MR) is 134 cm³/mol. The molecule has 4 aromatic rings. The third-order valence-corrected chi connectivity index (χ3v) is 6.17. The third-order valence-electron chi connectivity index (χ3n) is 5.73. The molecule has 0 saturated heterocycles. The highest BCUT2D eigenvalue weighted by Crippen LogP contribution is 2.35. The molecule has 0 radical (unpaired) electrons. The summed E-state index contributed by atoms with van der Waals surface area (Å²) in [5.41, 5.74) is 3.59. The van der Waals surface area contributed by atoms with Gasteiger partial charge in [-0.05, 0) is 47.0 Å². The molecule has 0 bridgehead atoms. The summed E-state index contributed by atoms with van der Waals surface area (Å²) in [4.78, 5) is 9.66. The number of ether oxygens (including phenoxy) is 3. The maximum atomic E-state index is 9.66. The first-order chi connectivity index (χ1) is 17.0. The number of methoxy groups -OCH3 is 3. The number of aromatic nitrogens is 1. The van der Waals surface area contributed by atoms with E-state index >= 15 is 0 Å². The Morgan fingerprint density at radius 3 is 2.06 bits per heavy atom. The van der Waals surface area contributed by atoms with Crippen LogP contribution in [-0.2, 0) is 25.8 Å². The van der Waals surface area contributed by atoms with Gasteiger partial charge in [0.25, 0.3) is 10.4 Å². The number of fused-ring (bicyclic) bond motifs is 4. The Kier molecular flexibility index (Phi) is 8.21. The normalized spacial score (nSPS) is 11.2. The highest BCUT2D eigenvalue weighted by molar-refractivity contribution is 7.81. The molecule has 0 N–H and O–H groups in total. The number of hydrogen-bond acceptors (Lipinski definition) is 8. The second-order valence-electron chi connectivity index (χ2n) is 8.08. The molecule has 0 spiro atoms. The van der Waals surface area contributed by atoms with Crippen molar-refractivity contribution in [1.82, 2.24) is 0 Å². The summed E-state index contributed by atoms with van der Waals surface area (Å²) in [7, 11) is 0.262. The average molecular weight is 516 g/mol. The van der Waals surface area contributed by atoms with Crippen molar-refractivity contribution in [3.8, 4) is 17.2 Å². The van der Waals surface area contributed by atoms with E-state index in [1.165, 1.54) is 27.5 Å². The number of rotatable bonds is 6. The largest absolute Gasteiger partial charge is 0.716 e. The molecule has 0 saturated carbocycles. The van der Waals surface area contributed by atoms with Gasteiger partial charge in [0.15, 0.2) is 23.4 Å². The highest BCUT2D eigenvalue weighted by atomic mass is 32.3. The molecule has 2 aromatic heterocycles. The van der Waals surface area contributed by atoms with Crippen LogP contribution in [-0.4, -0.2) is 40.3 Å². The molecule has 0 unspecified atom stereocenters. The zero-order chi connectivity index (χ0) is 26.6. The van der Waals surface area contributed by atoms with Crippen LogP contribution in [0.3, 0.4) is 0 Å². The van der Waals surface area contributed by atoms with Gasteiger partial charge in [0, 0.05) is 26.0 Å². The molecule has 9 nitrogen and oxygen atoms in total. The Morgan fingerprint density at radius 1 is 0.917 bits per heavy atom. The van der Waals surface area contributed by atoms with E-state index in [1.54, 1.807) is 21.3 Å². The van der Waals surface area contributed by atoms with Gasteiger partial charge in [-0.3, -0.25) is 4.79 Å². The van der Waals surface area contributed by atoms with Crippen LogP contribution >= 0.6 is 0 Å². The molecule has 0 aliphatic rings. The van der Waals surface area contributed by atoms with Gasteiger partial charge in [0.1, 0.15) is 5.75 Å². The number of nitrogens with zero attached hydrogens (tertiary/aromatic N) is 1. The quantitative estimate of drug-likeness (QED) is 0.124. The van der Waals surface area contributed by atoms with Crippen molar-refractivity contribution in [3.05, 3.63) is 53.9 Å². The van der Waals surface area contributed by atoms with Crippen molar-refractivity contribution >= 4 is 43.4 Å². The number of carbonyl (C=O) groups is 1. The van der Waals surface area contributed by atoms with Crippen molar-refractivity contribution in [2.45, 2.75) is 33.6 Å². The molecular formula is C26H29NO8S. The summed E-state index contributed by atoms with van der Waals surface area (Å²) in [6.07, 6.45) is 4.21. The summed E-state index contributed by atoms with van der Waals surface area (Å²) in [5, 5.41) is 4.69. The van der Waals surface area contributed by atoms with Crippen molar-refractivity contribution < 1.29 is 40.6 Å². The maximum absolute atomic E-state index is 9.66. The topological polar surface area (TPSA) is 115 Å². The zero-order valence-electron chi connectivity index (χ0n) is 21.1. The smallest absolute Gasteiger partial charge is 0.318 e. The van der Waals surface area contributed by atoms with E-state index < -0.39 is 16.4 Å². The summed E-state index contributed by atoms with van der Waals surface area (Å²) < 4.78 is 50.4. The van der Waals surface area contributed by atoms with E-state index in [0.29, 0.717) is 0 Å². The van der Waals surface area contributed by atoms with E-state index in [4.69, 9.17) is 14.2 Å². The Labute approximate surface area is 210 Å². The fraction of sp³-hybridized carbons (Fsp3) is 0.308. The Hall–Kier alpha value is -3.63. The summed E-state index contributed by atoms with van der Waals surface area (Å²) in [5.74, 6) is 1.32. The van der Waals surface area contributed by atoms with Crippen LogP contribution in [0, 0.1) is 6.92 Å². The Morgan fingerprint density at radius 2 is 1.53 bits per heavy atom. The molecule has 36 heavy (non-hydrogen) atoms. The van der Waals surface area contributed by atoms with Crippen molar-refractivity contribution in [2.24, 2.45) is 0 Å². The minimum absolute atomic E-state index is 0.743. The number of pyridine rings is 2. The molecule has 0 aliphatic carbocycles. The van der Waals surface area contributed by atoms with Crippen LogP contribution in [0.15, 0.2) is 42.6 Å². The first kappa shape index (κ1) is 27.0. The molecule has 10 heteroatoms. The SMILES string of the molecule is CC(=O)OS(=O)(=O)[O-].CCCc1cc2c(cc[n+]3c(C)c4cc(OC)c(OC)cc4cc23)cc1OC. The van der Waals surface area contributed by atoms with Gasteiger partial charge in [0.2, 0.25) is 5.52 Å². The highest BCUT2D eigenvalue weighted by Gasteiger charge is 2.19. The second kappa shape index (κ2) is 11.0. The average Bonchev–Trinajstić information content (AvgIpc) is 2.82. The summed E-state index contributed by atoms with van der Waals surface area (Å²) in [6.45, 7) is 5.16. The minimum Gasteiger partial charge on any atom is -0.716 e. The van der Waals surface area contributed by atoms with Gasteiger partial charge in [-0.2, -0.15) is 4.40 Å². The minimum atomic E-state index is -4.82. The fourth-order valence-corrected chi connectivity index (χ4v) is 4.50. The molecule has 0 fully saturated rings. The maximum Gasteiger partial charge on any atom is 0.318 e. The van der Waals surface area contributed by atoms with Crippen LogP contribution < -0.4 is 18.6 Å². The molecular weight excluding hydrogens is 486 g/mol. The Bertz CT molecular complexity index is 1550. The van der Waals surface area contributed by atoms with E-state index in [0.717, 1.165) is 47.8 Å². The van der Waals surface area contributed by atoms with Gasteiger partial charge < -0.3 is 22.9 Å². The third kappa shape index (κ3) is 5.77. The van der Waals surface area contributed by atoms with E-state index in [1.807, 2.05) is 0 Å². The predicted octanol–water partition coefficient (Wildman–Crippen LogP) is 4.03. The van der Waals surface area contributed by atoms with Gasteiger partial charge in [-0.15, -0.1) is 0 Å². The van der Waals surface area contributed by atoms with Gasteiger partial charge in [0.05, 0.1) is 32.1 Å².